The van der Waals surface area contributed by atoms with Crippen LogP contribution < -0.4 is 0 Å². The van der Waals surface area contributed by atoms with Gasteiger partial charge in [-0.25, -0.2) is 0 Å². The second-order valence-electron chi connectivity index (χ2n) is 7.36. The maximum Gasteiger partial charge on any atom is 0.311 e. The standard InChI is InChI=1S/C22H40O2/c1-5-6-7-8-9-10-11-12-13-14-15-16-17-18-19-20-22(2,3)21(23)24-4/h9-10,12-13H,5-8,11,14-20H2,1-4H3. The highest BCUT2D eigenvalue weighted by Gasteiger charge is 2.27. The van der Waals surface area contributed by atoms with Crippen LogP contribution in [-0.4, -0.2) is 13.1 Å². The van der Waals surface area contributed by atoms with E-state index in [1.807, 2.05) is 13.8 Å². The van der Waals surface area contributed by atoms with Crippen molar-refractivity contribution in [2.24, 2.45) is 5.41 Å². The molecule has 0 aliphatic rings. The van der Waals surface area contributed by atoms with Gasteiger partial charge in [0.2, 0.25) is 0 Å². The highest BCUT2D eigenvalue weighted by molar-refractivity contribution is 5.75. The molecule has 24 heavy (non-hydrogen) atoms. The van der Waals surface area contributed by atoms with Gasteiger partial charge in [-0.3, -0.25) is 4.79 Å². The van der Waals surface area contributed by atoms with Gasteiger partial charge in [0.05, 0.1) is 12.5 Å². The van der Waals surface area contributed by atoms with Crippen molar-refractivity contribution in [1.82, 2.24) is 0 Å². The number of ether oxygens (including phenoxy) is 1. The lowest BCUT2D eigenvalue weighted by Crippen LogP contribution is -2.25. The fraction of sp³-hybridized carbons (Fsp3) is 0.773. The maximum absolute atomic E-state index is 11.6. The van der Waals surface area contributed by atoms with E-state index in [1.165, 1.54) is 64.9 Å². The minimum atomic E-state index is -0.332. The first-order valence-corrected chi connectivity index (χ1v) is 9.93. The van der Waals surface area contributed by atoms with Crippen LogP contribution in [0.1, 0.15) is 97.8 Å². The molecule has 0 bridgehead atoms. The molecule has 0 atom stereocenters. The first kappa shape index (κ1) is 22.9. The summed E-state index contributed by atoms with van der Waals surface area (Å²) in [6.45, 7) is 6.19. The molecular formula is C22H40O2. The normalized spacial score (nSPS) is 12.3. The van der Waals surface area contributed by atoms with E-state index in [9.17, 15) is 4.79 Å². The zero-order valence-corrected chi connectivity index (χ0v) is 16.6. The Bertz CT molecular complexity index is 353. The van der Waals surface area contributed by atoms with Crippen molar-refractivity contribution in [1.29, 1.82) is 0 Å². The highest BCUT2D eigenvalue weighted by Crippen LogP contribution is 2.25. The van der Waals surface area contributed by atoms with E-state index in [-0.39, 0.29) is 11.4 Å². The maximum atomic E-state index is 11.6. The third-order valence-electron chi connectivity index (χ3n) is 4.49. The molecule has 0 aliphatic heterocycles. The van der Waals surface area contributed by atoms with Crippen LogP contribution in [0.3, 0.4) is 0 Å². The second-order valence-corrected chi connectivity index (χ2v) is 7.36. The average molecular weight is 337 g/mol. The third-order valence-corrected chi connectivity index (χ3v) is 4.49. The predicted octanol–water partition coefficient (Wildman–Crippen LogP) is 7.00. The van der Waals surface area contributed by atoms with Gasteiger partial charge >= 0.3 is 5.97 Å². The average Bonchev–Trinajstić information content (AvgIpc) is 2.57. The van der Waals surface area contributed by atoms with Gasteiger partial charge in [0.1, 0.15) is 0 Å². The molecule has 0 fully saturated rings. The molecule has 0 radical (unpaired) electrons. The topological polar surface area (TPSA) is 26.3 Å². The molecule has 0 aromatic carbocycles. The summed E-state index contributed by atoms with van der Waals surface area (Å²) < 4.78 is 4.84. The smallest absolute Gasteiger partial charge is 0.311 e. The fourth-order valence-corrected chi connectivity index (χ4v) is 2.76. The van der Waals surface area contributed by atoms with Gasteiger partial charge in [-0.05, 0) is 52.4 Å². The van der Waals surface area contributed by atoms with Crippen LogP contribution in [0, 0.1) is 5.41 Å². The largest absolute Gasteiger partial charge is 0.469 e. The monoisotopic (exact) mass is 336 g/mol. The first-order chi connectivity index (χ1) is 11.5. The van der Waals surface area contributed by atoms with Crippen molar-refractivity contribution >= 4 is 5.97 Å². The van der Waals surface area contributed by atoms with Gasteiger partial charge in [0, 0.05) is 0 Å². The van der Waals surface area contributed by atoms with Crippen molar-refractivity contribution in [2.45, 2.75) is 97.8 Å². The first-order valence-electron chi connectivity index (χ1n) is 9.93. The Balaban J connectivity index is 3.42. The number of carbonyl (C=O) groups excluding carboxylic acids is 1. The molecule has 0 aliphatic carbocycles. The summed E-state index contributed by atoms with van der Waals surface area (Å²) in [6.07, 6.45) is 23.8. The van der Waals surface area contributed by atoms with Crippen LogP contribution in [0.15, 0.2) is 24.3 Å². The van der Waals surface area contributed by atoms with Crippen molar-refractivity contribution in [2.75, 3.05) is 7.11 Å². The summed E-state index contributed by atoms with van der Waals surface area (Å²) in [5.74, 6) is -0.0907. The summed E-state index contributed by atoms with van der Waals surface area (Å²) in [5, 5.41) is 0. The third kappa shape index (κ3) is 13.4. The molecule has 0 saturated heterocycles. The minimum absolute atomic E-state index is 0.0907. The summed E-state index contributed by atoms with van der Waals surface area (Å²) in [7, 11) is 1.47. The lowest BCUT2D eigenvalue weighted by atomic mass is 9.87. The number of unbranched alkanes of at least 4 members (excludes halogenated alkanes) is 8. The zero-order chi connectivity index (χ0) is 18.1. The van der Waals surface area contributed by atoms with Crippen molar-refractivity contribution in [3.63, 3.8) is 0 Å². The fourth-order valence-electron chi connectivity index (χ4n) is 2.76. The molecule has 2 nitrogen and oxygen atoms in total. The van der Waals surface area contributed by atoms with Gasteiger partial charge in [-0.1, -0.05) is 69.8 Å². The molecule has 0 aromatic rings. The van der Waals surface area contributed by atoms with Crippen molar-refractivity contribution in [3.05, 3.63) is 24.3 Å². The van der Waals surface area contributed by atoms with Gasteiger partial charge in [-0.2, -0.15) is 0 Å². The SMILES string of the molecule is CCCCCC=CCC=CCCCCCCCC(C)(C)C(=O)OC. The lowest BCUT2D eigenvalue weighted by molar-refractivity contribution is -0.151. The van der Waals surface area contributed by atoms with Crippen LogP contribution in [0.5, 0.6) is 0 Å². The molecule has 0 unspecified atom stereocenters. The molecule has 0 amide bonds. The molecule has 140 valence electrons. The van der Waals surface area contributed by atoms with E-state index in [1.54, 1.807) is 0 Å². The van der Waals surface area contributed by atoms with Gasteiger partial charge in [-0.15, -0.1) is 0 Å². The predicted molar refractivity (Wildman–Crippen MR) is 105 cm³/mol. The Kier molecular flexibility index (Phi) is 14.8. The Morgan fingerprint density at radius 1 is 0.833 bits per heavy atom. The van der Waals surface area contributed by atoms with Gasteiger partial charge < -0.3 is 4.74 Å². The van der Waals surface area contributed by atoms with Crippen LogP contribution in [0.2, 0.25) is 0 Å². The number of carbonyl (C=O) groups is 1. The lowest BCUT2D eigenvalue weighted by Gasteiger charge is -2.20. The van der Waals surface area contributed by atoms with Crippen LogP contribution >= 0.6 is 0 Å². The molecule has 2 heteroatoms. The minimum Gasteiger partial charge on any atom is -0.469 e. The molecule has 0 heterocycles. The molecule has 0 spiro atoms. The summed E-state index contributed by atoms with van der Waals surface area (Å²) in [6, 6.07) is 0. The van der Waals surface area contributed by atoms with Crippen LogP contribution in [0.25, 0.3) is 0 Å². The number of hydrogen-bond donors (Lipinski definition) is 0. The summed E-state index contributed by atoms with van der Waals surface area (Å²) in [5.41, 5.74) is -0.332. The number of methoxy groups -OCH3 is 1. The van der Waals surface area contributed by atoms with Crippen molar-refractivity contribution in [3.8, 4) is 0 Å². The van der Waals surface area contributed by atoms with E-state index in [2.05, 4.69) is 31.2 Å². The van der Waals surface area contributed by atoms with E-state index < -0.39 is 0 Å². The summed E-state index contributed by atoms with van der Waals surface area (Å²) in [4.78, 5) is 11.6. The summed E-state index contributed by atoms with van der Waals surface area (Å²) >= 11 is 0. The van der Waals surface area contributed by atoms with Crippen LogP contribution in [-0.2, 0) is 9.53 Å². The molecule has 0 saturated carbocycles. The number of rotatable bonds is 15. The molecule has 0 aromatic heterocycles. The van der Waals surface area contributed by atoms with Gasteiger partial charge in [0.25, 0.3) is 0 Å². The Hall–Kier alpha value is -1.05. The zero-order valence-electron chi connectivity index (χ0n) is 16.6. The number of hydrogen-bond acceptors (Lipinski definition) is 2. The van der Waals surface area contributed by atoms with E-state index in [0.29, 0.717) is 0 Å². The molecule has 0 N–H and O–H groups in total. The number of esters is 1. The van der Waals surface area contributed by atoms with E-state index in [0.717, 1.165) is 19.3 Å². The van der Waals surface area contributed by atoms with E-state index >= 15 is 0 Å². The number of allylic oxidation sites excluding steroid dienone is 4. The molecule has 0 rings (SSSR count). The highest BCUT2D eigenvalue weighted by atomic mass is 16.5. The van der Waals surface area contributed by atoms with Gasteiger partial charge in [0.15, 0.2) is 0 Å². The quantitative estimate of drug-likeness (QED) is 0.183. The Morgan fingerprint density at radius 3 is 1.96 bits per heavy atom. The second kappa shape index (κ2) is 15.5. The molecular weight excluding hydrogens is 296 g/mol. The Morgan fingerprint density at radius 2 is 1.38 bits per heavy atom. The van der Waals surface area contributed by atoms with Crippen molar-refractivity contribution < 1.29 is 9.53 Å². The Labute approximate surface area is 150 Å². The van der Waals surface area contributed by atoms with E-state index in [4.69, 9.17) is 4.74 Å². The van der Waals surface area contributed by atoms with Crippen LogP contribution in [0.4, 0.5) is 0 Å².